The topological polar surface area (TPSA) is 73.4 Å². The maximum atomic E-state index is 14.4. The third kappa shape index (κ3) is 9.16. The molecule has 8 nitrogen and oxygen atoms in total. The summed E-state index contributed by atoms with van der Waals surface area (Å²) in [7, 11) is 7.01. The predicted octanol–water partition coefficient (Wildman–Crippen LogP) is 5.95. The van der Waals surface area contributed by atoms with Crippen molar-refractivity contribution < 1.29 is 18.9 Å². The number of nitrogens with zero attached hydrogens (tertiary/aromatic N) is 4. The highest BCUT2D eigenvalue weighted by atomic mass is 32.7. The third-order valence-electron chi connectivity index (χ3n) is 4.98. The zero-order valence-electron chi connectivity index (χ0n) is 21.9. The quantitative estimate of drug-likeness (QED) is 0.223. The van der Waals surface area contributed by atoms with E-state index in [1.807, 2.05) is 69.2 Å². The monoisotopic (exact) mass is 552 g/mol. The van der Waals surface area contributed by atoms with Gasteiger partial charge < -0.3 is 9.64 Å². The molecule has 0 fully saturated rings. The molecule has 0 N–H and O–H groups in total. The highest BCUT2D eigenvalue weighted by molar-refractivity contribution is 8.57. The smallest absolute Gasteiger partial charge is 0.421 e. The van der Waals surface area contributed by atoms with Gasteiger partial charge in [-0.15, -0.1) is 0 Å². The van der Waals surface area contributed by atoms with Crippen LogP contribution in [0.25, 0.3) is 0 Å². The second kappa shape index (κ2) is 14.7. The largest absolute Gasteiger partial charge is 0.447 e. The number of ether oxygens (including phenoxy) is 1. The molecule has 2 aromatic carbocycles. The first-order valence-electron chi connectivity index (χ1n) is 11.7. The van der Waals surface area contributed by atoms with E-state index < -0.39 is 12.7 Å². The number of hydrogen-bond acceptors (Lipinski definition) is 7. The second-order valence-electron chi connectivity index (χ2n) is 8.86. The Bertz CT molecular complexity index is 1010. The van der Waals surface area contributed by atoms with E-state index in [1.165, 1.54) is 24.4 Å². The average Bonchev–Trinajstić information content (AvgIpc) is 2.86. The summed E-state index contributed by atoms with van der Waals surface area (Å²) >= 11 is 2.24. The molecule has 0 radical (unpaired) electrons. The molecular formula is C25H37N4O4PS2. The molecule has 2 aromatic rings. The van der Waals surface area contributed by atoms with Crippen LogP contribution in [0.4, 0.5) is 4.79 Å². The number of hydrogen-bond donors (Lipinski definition) is 0. The summed E-state index contributed by atoms with van der Waals surface area (Å²) in [4.78, 5) is 28.2. The first-order chi connectivity index (χ1) is 17.0. The van der Waals surface area contributed by atoms with Crippen LogP contribution in [0, 0.1) is 5.92 Å². The molecule has 0 spiro atoms. The summed E-state index contributed by atoms with van der Waals surface area (Å²) in [6.45, 7) is 1.66. The Morgan fingerprint density at radius 2 is 1.53 bits per heavy atom. The van der Waals surface area contributed by atoms with Crippen molar-refractivity contribution in [1.82, 2.24) is 18.0 Å². The Labute approximate surface area is 223 Å². The third-order valence-corrected chi connectivity index (χ3v) is 12.6. The van der Waals surface area contributed by atoms with E-state index in [1.54, 1.807) is 38.4 Å². The fourth-order valence-electron chi connectivity index (χ4n) is 2.94. The number of likely N-dealkylation sites (N-methyl/N-ethyl adjacent to an activating group) is 1. The Balaban J connectivity index is 2.30. The Kier molecular flexibility index (Phi) is 12.3. The lowest BCUT2D eigenvalue weighted by atomic mass is 10.2. The van der Waals surface area contributed by atoms with Gasteiger partial charge in [-0.2, -0.15) is 4.08 Å². The van der Waals surface area contributed by atoms with Crippen LogP contribution in [0.5, 0.6) is 0 Å². The Morgan fingerprint density at radius 1 is 0.944 bits per heavy atom. The normalized spacial score (nSPS) is 13.0. The van der Waals surface area contributed by atoms with Crippen LogP contribution in [0.2, 0.25) is 0 Å². The maximum absolute atomic E-state index is 14.4. The van der Waals surface area contributed by atoms with Crippen molar-refractivity contribution in [2.45, 2.75) is 20.4 Å². The van der Waals surface area contributed by atoms with E-state index in [9.17, 15) is 14.2 Å². The lowest BCUT2D eigenvalue weighted by molar-refractivity contribution is 0.0880. The van der Waals surface area contributed by atoms with Crippen molar-refractivity contribution >= 4 is 42.2 Å². The summed E-state index contributed by atoms with van der Waals surface area (Å²) in [6.07, 6.45) is -0.532. The van der Waals surface area contributed by atoms with Crippen LogP contribution >= 0.6 is 30.2 Å². The molecule has 198 valence electrons. The van der Waals surface area contributed by atoms with E-state index in [4.69, 9.17) is 4.74 Å². The van der Waals surface area contributed by atoms with E-state index in [2.05, 4.69) is 0 Å². The lowest BCUT2D eigenvalue weighted by Crippen LogP contribution is -2.33. The fraction of sp³-hybridized carbons (Fsp3) is 0.440. The van der Waals surface area contributed by atoms with Gasteiger partial charge in [0.15, 0.2) is 0 Å². The molecule has 0 bridgehead atoms. The van der Waals surface area contributed by atoms with Gasteiger partial charge in [0.2, 0.25) is 0 Å². The molecule has 0 aliphatic heterocycles. The Hall–Kier alpha value is -1.97. The molecule has 0 heterocycles. The molecule has 0 aromatic heterocycles. The van der Waals surface area contributed by atoms with Crippen LogP contribution in [0.1, 0.15) is 29.8 Å². The second-order valence-corrected chi connectivity index (χ2v) is 15.3. The first kappa shape index (κ1) is 30.3. The average molecular weight is 553 g/mol. The van der Waals surface area contributed by atoms with Gasteiger partial charge in [-0.3, -0.25) is 14.0 Å². The van der Waals surface area contributed by atoms with Gasteiger partial charge >= 0.3 is 12.7 Å². The summed E-state index contributed by atoms with van der Waals surface area (Å²) in [5, 5.41) is 0. The SMILES string of the molecule is CC(C)CSP(=O)(N(C)SN(Cc1ccccc1)C(=O)OCCN(C)C)N(C)C(=O)c1ccccc1. The molecule has 0 saturated heterocycles. The Morgan fingerprint density at radius 3 is 2.08 bits per heavy atom. The van der Waals surface area contributed by atoms with Crippen LogP contribution in [-0.2, 0) is 15.8 Å². The summed E-state index contributed by atoms with van der Waals surface area (Å²) in [6, 6.07) is 18.3. The van der Waals surface area contributed by atoms with Crippen molar-refractivity contribution in [3.05, 3.63) is 71.8 Å². The molecule has 1 unspecified atom stereocenters. The minimum Gasteiger partial charge on any atom is -0.447 e. The van der Waals surface area contributed by atoms with Gasteiger partial charge in [-0.1, -0.05) is 73.8 Å². The summed E-state index contributed by atoms with van der Waals surface area (Å²) < 4.78 is 24.2. The molecule has 11 heteroatoms. The molecule has 2 amide bonds. The number of carbonyl (C=O) groups is 2. The van der Waals surface area contributed by atoms with Crippen molar-refractivity contribution in [3.8, 4) is 0 Å². The summed E-state index contributed by atoms with van der Waals surface area (Å²) in [5.74, 6) is 0.504. The zero-order valence-corrected chi connectivity index (χ0v) is 24.4. The van der Waals surface area contributed by atoms with Gasteiger partial charge in [0.25, 0.3) is 5.91 Å². The number of amides is 2. The number of rotatable bonds is 13. The molecule has 0 aliphatic rings. The molecule has 1 atom stereocenters. The van der Waals surface area contributed by atoms with Crippen LogP contribution in [0.15, 0.2) is 60.7 Å². The van der Waals surface area contributed by atoms with Gasteiger partial charge in [0.05, 0.1) is 18.7 Å². The first-order valence-corrected chi connectivity index (χ1v) is 15.6. The minimum absolute atomic E-state index is 0.230. The van der Waals surface area contributed by atoms with Crippen molar-refractivity contribution in [2.24, 2.45) is 5.92 Å². The lowest BCUT2D eigenvalue weighted by Gasteiger charge is -2.35. The van der Waals surface area contributed by atoms with Crippen LogP contribution < -0.4 is 0 Å². The molecule has 0 aliphatic carbocycles. The molecule has 0 saturated carbocycles. The van der Waals surface area contributed by atoms with E-state index in [0.717, 1.165) is 17.7 Å². The highest BCUT2D eigenvalue weighted by Gasteiger charge is 2.40. The van der Waals surface area contributed by atoms with Gasteiger partial charge in [-0.25, -0.2) is 9.10 Å². The van der Waals surface area contributed by atoms with Gasteiger partial charge in [0.1, 0.15) is 6.61 Å². The maximum Gasteiger partial charge on any atom is 0.421 e. The number of benzene rings is 2. The molecular weight excluding hydrogens is 515 g/mol. The van der Waals surface area contributed by atoms with Crippen molar-refractivity contribution in [3.63, 3.8) is 0 Å². The fourth-order valence-corrected chi connectivity index (χ4v) is 9.46. The highest BCUT2D eigenvalue weighted by Crippen LogP contribution is 2.66. The molecule has 2 rings (SSSR count). The zero-order chi connectivity index (χ0) is 26.7. The van der Waals surface area contributed by atoms with Crippen LogP contribution in [0.3, 0.4) is 0 Å². The van der Waals surface area contributed by atoms with E-state index in [0.29, 0.717) is 17.9 Å². The summed E-state index contributed by atoms with van der Waals surface area (Å²) in [5.41, 5.74) is 1.36. The van der Waals surface area contributed by atoms with Crippen LogP contribution in [-0.4, -0.2) is 77.0 Å². The van der Waals surface area contributed by atoms with Crippen molar-refractivity contribution in [1.29, 1.82) is 0 Å². The van der Waals surface area contributed by atoms with Gasteiger partial charge in [0, 0.05) is 32.0 Å². The molecule has 36 heavy (non-hydrogen) atoms. The van der Waals surface area contributed by atoms with E-state index in [-0.39, 0.29) is 25.0 Å². The van der Waals surface area contributed by atoms with Gasteiger partial charge in [-0.05, 0) is 37.7 Å². The predicted molar refractivity (Wildman–Crippen MR) is 151 cm³/mol. The number of carbonyl (C=O) groups excluding carboxylic acids is 2. The van der Waals surface area contributed by atoms with Crippen molar-refractivity contribution in [2.75, 3.05) is 47.1 Å². The standard InChI is InChI=1S/C25H37N4O4PS2/c1-21(2)20-35-34(32,27(5)24(30)23-15-11-8-12-16-23)28(6)36-29(19-22-13-9-7-10-14-22)25(31)33-18-17-26(3)4/h7-16,21H,17-20H2,1-6H3. The minimum atomic E-state index is -3.48. The van der Waals surface area contributed by atoms with E-state index >= 15 is 0 Å².